The summed E-state index contributed by atoms with van der Waals surface area (Å²) in [6.07, 6.45) is -2.45. The lowest BCUT2D eigenvalue weighted by molar-refractivity contribution is -0.137. The Labute approximate surface area is 150 Å². The molecule has 0 saturated carbocycles. The molecule has 0 heterocycles. The molecule has 132 valence electrons. The highest BCUT2D eigenvalue weighted by Gasteiger charge is 2.29. The summed E-state index contributed by atoms with van der Waals surface area (Å²) in [5, 5.41) is 0. The van der Waals surface area contributed by atoms with Crippen LogP contribution in [0.5, 0.6) is 5.75 Å². The summed E-state index contributed by atoms with van der Waals surface area (Å²) in [5.74, 6) is 0.746. The van der Waals surface area contributed by atoms with Crippen LogP contribution in [0.2, 0.25) is 0 Å². The topological polar surface area (TPSA) is 9.23 Å². The standard InChI is InChI=1S/C22H17F3O/c1-26-20-13-9-18(10-14-20)21(17-5-3-2-4-6-17)15-16-7-11-19(12-8-16)22(23,24)25/h2-15H,1H3/b21-15+. The van der Waals surface area contributed by atoms with Gasteiger partial charge < -0.3 is 4.74 Å². The Kier molecular flexibility index (Phi) is 5.12. The minimum Gasteiger partial charge on any atom is -0.497 e. The number of alkyl halides is 3. The summed E-state index contributed by atoms with van der Waals surface area (Å²) in [5.41, 5.74) is 2.91. The maximum absolute atomic E-state index is 12.8. The Hall–Kier alpha value is -3.01. The SMILES string of the molecule is COc1ccc(/C(=C/c2ccc(C(F)(F)F)cc2)c2ccccc2)cc1. The summed E-state index contributed by atoms with van der Waals surface area (Å²) < 4.78 is 43.5. The summed E-state index contributed by atoms with van der Waals surface area (Å²) in [6.45, 7) is 0. The van der Waals surface area contributed by atoms with Gasteiger partial charge in [0.2, 0.25) is 0 Å². The van der Waals surface area contributed by atoms with Gasteiger partial charge in [0.25, 0.3) is 0 Å². The molecule has 3 aromatic rings. The molecule has 0 spiro atoms. The molecule has 26 heavy (non-hydrogen) atoms. The first-order valence-corrected chi connectivity index (χ1v) is 8.06. The molecule has 0 aromatic heterocycles. The number of methoxy groups -OCH3 is 1. The van der Waals surface area contributed by atoms with Gasteiger partial charge in [-0.25, -0.2) is 0 Å². The average Bonchev–Trinajstić information content (AvgIpc) is 2.66. The van der Waals surface area contributed by atoms with E-state index in [9.17, 15) is 13.2 Å². The number of halogens is 3. The molecule has 0 amide bonds. The van der Waals surface area contributed by atoms with Crippen molar-refractivity contribution in [3.63, 3.8) is 0 Å². The normalized spacial score (nSPS) is 12.1. The quantitative estimate of drug-likeness (QED) is 0.499. The van der Waals surface area contributed by atoms with E-state index in [2.05, 4.69) is 0 Å². The van der Waals surface area contributed by atoms with E-state index in [0.717, 1.165) is 34.6 Å². The molecule has 0 N–H and O–H groups in total. The van der Waals surface area contributed by atoms with E-state index in [1.807, 2.05) is 60.7 Å². The van der Waals surface area contributed by atoms with Gasteiger partial charge in [-0.1, -0.05) is 54.6 Å². The molecule has 0 saturated heterocycles. The number of hydrogen-bond donors (Lipinski definition) is 0. The first kappa shape index (κ1) is 17.8. The second-order valence-electron chi connectivity index (χ2n) is 5.77. The van der Waals surface area contributed by atoms with Crippen LogP contribution in [-0.4, -0.2) is 7.11 Å². The zero-order chi connectivity index (χ0) is 18.6. The Morgan fingerprint density at radius 3 is 1.88 bits per heavy atom. The number of ether oxygens (including phenoxy) is 1. The molecule has 4 heteroatoms. The van der Waals surface area contributed by atoms with Crippen LogP contribution in [0.1, 0.15) is 22.3 Å². The molecule has 0 aliphatic heterocycles. The monoisotopic (exact) mass is 354 g/mol. The fraction of sp³-hybridized carbons (Fsp3) is 0.0909. The molecule has 0 fully saturated rings. The van der Waals surface area contributed by atoms with E-state index in [1.54, 1.807) is 7.11 Å². The largest absolute Gasteiger partial charge is 0.497 e. The van der Waals surface area contributed by atoms with E-state index in [0.29, 0.717) is 5.56 Å². The summed E-state index contributed by atoms with van der Waals surface area (Å²) in [7, 11) is 1.60. The second kappa shape index (κ2) is 7.48. The molecule has 3 rings (SSSR count). The lowest BCUT2D eigenvalue weighted by atomic mass is 9.95. The van der Waals surface area contributed by atoms with Gasteiger partial charge in [0.15, 0.2) is 0 Å². The van der Waals surface area contributed by atoms with E-state index < -0.39 is 11.7 Å². The van der Waals surface area contributed by atoms with Crippen molar-refractivity contribution in [3.8, 4) is 5.75 Å². The summed E-state index contributed by atoms with van der Waals surface area (Å²) in [6, 6.07) is 22.5. The van der Waals surface area contributed by atoms with Gasteiger partial charge >= 0.3 is 6.18 Å². The minimum atomic E-state index is -4.33. The highest BCUT2D eigenvalue weighted by atomic mass is 19.4. The lowest BCUT2D eigenvalue weighted by Crippen LogP contribution is -2.04. The van der Waals surface area contributed by atoms with E-state index in [1.165, 1.54) is 12.1 Å². The van der Waals surface area contributed by atoms with Crippen LogP contribution >= 0.6 is 0 Å². The van der Waals surface area contributed by atoms with Crippen LogP contribution in [0, 0.1) is 0 Å². The highest BCUT2D eigenvalue weighted by molar-refractivity contribution is 5.91. The van der Waals surface area contributed by atoms with Crippen molar-refractivity contribution >= 4 is 11.6 Å². The maximum Gasteiger partial charge on any atom is 0.416 e. The van der Waals surface area contributed by atoms with Crippen LogP contribution < -0.4 is 4.74 Å². The van der Waals surface area contributed by atoms with E-state index >= 15 is 0 Å². The summed E-state index contributed by atoms with van der Waals surface area (Å²) >= 11 is 0. The fourth-order valence-electron chi connectivity index (χ4n) is 2.66. The van der Waals surface area contributed by atoms with Crippen molar-refractivity contribution in [2.45, 2.75) is 6.18 Å². The van der Waals surface area contributed by atoms with Crippen LogP contribution in [0.4, 0.5) is 13.2 Å². The number of rotatable bonds is 4. The first-order valence-electron chi connectivity index (χ1n) is 8.06. The van der Waals surface area contributed by atoms with Gasteiger partial charge in [-0.3, -0.25) is 0 Å². The van der Waals surface area contributed by atoms with Crippen molar-refractivity contribution in [2.75, 3.05) is 7.11 Å². The third-order valence-electron chi connectivity index (χ3n) is 4.03. The van der Waals surface area contributed by atoms with Gasteiger partial charge in [0, 0.05) is 0 Å². The highest BCUT2D eigenvalue weighted by Crippen LogP contribution is 2.31. The van der Waals surface area contributed by atoms with Crippen LogP contribution in [0.3, 0.4) is 0 Å². The molecule has 0 aliphatic carbocycles. The first-order chi connectivity index (χ1) is 12.5. The molecule has 0 unspecified atom stereocenters. The van der Waals surface area contributed by atoms with Crippen LogP contribution in [0.15, 0.2) is 78.9 Å². The predicted molar refractivity (Wildman–Crippen MR) is 97.9 cm³/mol. The predicted octanol–water partition coefficient (Wildman–Crippen LogP) is 6.30. The molecule has 3 aromatic carbocycles. The van der Waals surface area contributed by atoms with Gasteiger partial charge in [-0.2, -0.15) is 13.2 Å². The van der Waals surface area contributed by atoms with E-state index in [-0.39, 0.29) is 0 Å². The zero-order valence-electron chi connectivity index (χ0n) is 14.1. The number of hydrogen-bond acceptors (Lipinski definition) is 1. The Balaban J connectivity index is 2.04. The van der Waals surface area contributed by atoms with E-state index in [4.69, 9.17) is 4.74 Å². The Morgan fingerprint density at radius 2 is 1.35 bits per heavy atom. The molecule has 1 nitrogen and oxygen atoms in total. The smallest absolute Gasteiger partial charge is 0.416 e. The lowest BCUT2D eigenvalue weighted by Gasteiger charge is -2.11. The fourth-order valence-corrected chi connectivity index (χ4v) is 2.66. The third kappa shape index (κ3) is 4.14. The van der Waals surface area contributed by atoms with Gasteiger partial charge in [0.05, 0.1) is 12.7 Å². The zero-order valence-corrected chi connectivity index (χ0v) is 14.1. The van der Waals surface area contributed by atoms with Crippen molar-refractivity contribution in [3.05, 3.63) is 101 Å². The van der Waals surface area contributed by atoms with Gasteiger partial charge in [-0.15, -0.1) is 0 Å². The molecular formula is C22H17F3O. The second-order valence-corrected chi connectivity index (χ2v) is 5.77. The van der Waals surface area contributed by atoms with Gasteiger partial charge in [-0.05, 0) is 52.6 Å². The molecule has 0 atom stereocenters. The molecule has 0 radical (unpaired) electrons. The van der Waals surface area contributed by atoms with Crippen LogP contribution in [0.25, 0.3) is 11.6 Å². The van der Waals surface area contributed by atoms with Crippen LogP contribution in [-0.2, 0) is 6.18 Å². The Morgan fingerprint density at radius 1 is 0.769 bits per heavy atom. The van der Waals surface area contributed by atoms with Crippen molar-refractivity contribution in [2.24, 2.45) is 0 Å². The molecular weight excluding hydrogens is 337 g/mol. The third-order valence-corrected chi connectivity index (χ3v) is 4.03. The molecule has 0 bridgehead atoms. The Bertz CT molecular complexity index is 877. The van der Waals surface area contributed by atoms with Crippen molar-refractivity contribution in [1.29, 1.82) is 0 Å². The van der Waals surface area contributed by atoms with Gasteiger partial charge in [0.1, 0.15) is 5.75 Å². The minimum absolute atomic E-state index is 0.652. The average molecular weight is 354 g/mol. The number of benzene rings is 3. The molecule has 0 aliphatic rings. The van der Waals surface area contributed by atoms with Crippen molar-refractivity contribution < 1.29 is 17.9 Å². The maximum atomic E-state index is 12.8. The summed E-state index contributed by atoms with van der Waals surface area (Å²) in [4.78, 5) is 0. The van der Waals surface area contributed by atoms with Crippen molar-refractivity contribution in [1.82, 2.24) is 0 Å².